The maximum atomic E-state index is 5.66. The van der Waals surface area contributed by atoms with Gasteiger partial charge in [-0.25, -0.2) is 0 Å². The van der Waals surface area contributed by atoms with E-state index in [-0.39, 0.29) is 0 Å². The molecule has 0 saturated heterocycles. The number of nitrogens with zero attached hydrogens (tertiary/aromatic N) is 3. The first kappa shape index (κ1) is 11.1. The van der Waals surface area contributed by atoms with Gasteiger partial charge >= 0.3 is 0 Å². The summed E-state index contributed by atoms with van der Waals surface area (Å²) in [6, 6.07) is 0. The molecule has 1 aromatic heterocycles. The number of ether oxygens (including phenoxy) is 1. The fraction of sp³-hybridized carbons (Fsp3) is 0.778. The molecule has 80 valence electrons. The SMILES string of the molecule is CCC(CN)c1nncn1CCOC. The van der Waals surface area contributed by atoms with E-state index < -0.39 is 0 Å². The first-order valence-corrected chi connectivity index (χ1v) is 4.90. The van der Waals surface area contributed by atoms with E-state index in [1.165, 1.54) is 0 Å². The largest absolute Gasteiger partial charge is 0.383 e. The molecular formula is C9H18N4O. The molecule has 1 heterocycles. The molecule has 1 unspecified atom stereocenters. The summed E-state index contributed by atoms with van der Waals surface area (Å²) >= 11 is 0. The second-order valence-corrected chi connectivity index (χ2v) is 3.22. The Labute approximate surface area is 84.3 Å². The highest BCUT2D eigenvalue weighted by molar-refractivity contribution is 4.96. The molecule has 1 aromatic rings. The van der Waals surface area contributed by atoms with Gasteiger partial charge in [0.15, 0.2) is 0 Å². The lowest BCUT2D eigenvalue weighted by Gasteiger charge is -2.12. The number of methoxy groups -OCH3 is 1. The highest BCUT2D eigenvalue weighted by Gasteiger charge is 2.13. The van der Waals surface area contributed by atoms with Crippen molar-refractivity contribution in [3.05, 3.63) is 12.2 Å². The zero-order valence-corrected chi connectivity index (χ0v) is 8.81. The third-order valence-corrected chi connectivity index (χ3v) is 2.32. The molecule has 0 aliphatic rings. The molecular weight excluding hydrogens is 180 g/mol. The molecule has 5 nitrogen and oxygen atoms in total. The highest BCUT2D eigenvalue weighted by Crippen LogP contribution is 2.14. The quantitative estimate of drug-likeness (QED) is 0.717. The minimum atomic E-state index is 0.300. The maximum Gasteiger partial charge on any atom is 0.137 e. The molecule has 5 heteroatoms. The zero-order valence-electron chi connectivity index (χ0n) is 8.81. The zero-order chi connectivity index (χ0) is 10.4. The second kappa shape index (κ2) is 5.72. The Hall–Kier alpha value is -0.940. The van der Waals surface area contributed by atoms with Crippen LogP contribution in [0.25, 0.3) is 0 Å². The van der Waals surface area contributed by atoms with Gasteiger partial charge in [-0.05, 0) is 6.42 Å². The van der Waals surface area contributed by atoms with E-state index in [2.05, 4.69) is 17.1 Å². The van der Waals surface area contributed by atoms with Gasteiger partial charge in [0, 0.05) is 26.1 Å². The van der Waals surface area contributed by atoms with E-state index in [9.17, 15) is 0 Å². The van der Waals surface area contributed by atoms with Crippen LogP contribution in [-0.2, 0) is 11.3 Å². The van der Waals surface area contributed by atoms with Crippen LogP contribution in [-0.4, -0.2) is 35.0 Å². The van der Waals surface area contributed by atoms with Gasteiger partial charge < -0.3 is 15.0 Å². The molecule has 0 aliphatic heterocycles. The average Bonchev–Trinajstić information content (AvgIpc) is 2.65. The molecule has 0 spiro atoms. The summed E-state index contributed by atoms with van der Waals surface area (Å²) in [6.07, 6.45) is 2.72. The van der Waals surface area contributed by atoms with E-state index >= 15 is 0 Å². The molecule has 2 N–H and O–H groups in total. The van der Waals surface area contributed by atoms with E-state index in [0.717, 1.165) is 18.8 Å². The second-order valence-electron chi connectivity index (χ2n) is 3.22. The van der Waals surface area contributed by atoms with Crippen LogP contribution in [0.4, 0.5) is 0 Å². The molecule has 0 amide bonds. The lowest BCUT2D eigenvalue weighted by molar-refractivity contribution is 0.185. The van der Waals surface area contributed by atoms with E-state index in [1.54, 1.807) is 13.4 Å². The molecule has 1 rings (SSSR count). The van der Waals surface area contributed by atoms with Crippen LogP contribution in [0.2, 0.25) is 0 Å². The lowest BCUT2D eigenvalue weighted by atomic mass is 10.1. The first-order chi connectivity index (χ1) is 6.83. The minimum absolute atomic E-state index is 0.300. The summed E-state index contributed by atoms with van der Waals surface area (Å²) in [4.78, 5) is 0. The van der Waals surface area contributed by atoms with Crippen molar-refractivity contribution in [1.29, 1.82) is 0 Å². The average molecular weight is 198 g/mol. The van der Waals surface area contributed by atoms with Crippen LogP contribution < -0.4 is 5.73 Å². The van der Waals surface area contributed by atoms with Gasteiger partial charge in [0.1, 0.15) is 12.2 Å². The van der Waals surface area contributed by atoms with Crippen molar-refractivity contribution in [1.82, 2.24) is 14.8 Å². The first-order valence-electron chi connectivity index (χ1n) is 4.90. The van der Waals surface area contributed by atoms with Gasteiger partial charge in [-0.15, -0.1) is 10.2 Å². The Morgan fingerprint density at radius 2 is 2.43 bits per heavy atom. The topological polar surface area (TPSA) is 66.0 Å². The third kappa shape index (κ3) is 2.52. The van der Waals surface area contributed by atoms with Gasteiger partial charge in [-0.3, -0.25) is 0 Å². The van der Waals surface area contributed by atoms with Gasteiger partial charge in [0.25, 0.3) is 0 Å². The number of hydrogen-bond donors (Lipinski definition) is 1. The monoisotopic (exact) mass is 198 g/mol. The molecule has 0 radical (unpaired) electrons. The van der Waals surface area contributed by atoms with Gasteiger partial charge in [0.2, 0.25) is 0 Å². The van der Waals surface area contributed by atoms with E-state index in [4.69, 9.17) is 10.5 Å². The summed E-state index contributed by atoms with van der Waals surface area (Å²) < 4.78 is 7.01. The van der Waals surface area contributed by atoms with Crippen molar-refractivity contribution in [2.45, 2.75) is 25.8 Å². The number of nitrogens with two attached hydrogens (primary N) is 1. The third-order valence-electron chi connectivity index (χ3n) is 2.32. The normalized spacial score (nSPS) is 13.1. The van der Waals surface area contributed by atoms with Crippen LogP contribution in [0.15, 0.2) is 6.33 Å². The summed E-state index contributed by atoms with van der Waals surface area (Å²) in [7, 11) is 1.68. The van der Waals surface area contributed by atoms with Crippen molar-refractivity contribution in [2.75, 3.05) is 20.3 Å². The van der Waals surface area contributed by atoms with Gasteiger partial charge in [-0.1, -0.05) is 6.92 Å². The summed E-state index contributed by atoms with van der Waals surface area (Å²) in [5.41, 5.74) is 5.66. The van der Waals surface area contributed by atoms with Crippen LogP contribution in [0.5, 0.6) is 0 Å². The summed E-state index contributed by atoms with van der Waals surface area (Å²) in [5.74, 6) is 1.27. The van der Waals surface area contributed by atoms with Crippen molar-refractivity contribution in [2.24, 2.45) is 5.73 Å². The molecule has 0 aromatic carbocycles. The summed E-state index contributed by atoms with van der Waals surface area (Å²) in [5, 5.41) is 7.98. The number of hydrogen-bond acceptors (Lipinski definition) is 4. The molecule has 14 heavy (non-hydrogen) atoms. The van der Waals surface area contributed by atoms with E-state index in [0.29, 0.717) is 19.1 Å². The Morgan fingerprint density at radius 1 is 1.64 bits per heavy atom. The number of aromatic nitrogens is 3. The highest BCUT2D eigenvalue weighted by atomic mass is 16.5. The predicted octanol–water partition coefficient (Wildman–Crippen LogP) is 0.377. The lowest BCUT2D eigenvalue weighted by Crippen LogP contribution is -2.18. The molecule has 0 bridgehead atoms. The summed E-state index contributed by atoms with van der Waals surface area (Å²) in [6.45, 7) is 4.18. The molecule has 1 atom stereocenters. The Morgan fingerprint density at radius 3 is 3.00 bits per heavy atom. The smallest absolute Gasteiger partial charge is 0.137 e. The van der Waals surface area contributed by atoms with Crippen LogP contribution in [0, 0.1) is 0 Å². The Bertz CT molecular complexity index is 257. The van der Waals surface area contributed by atoms with Gasteiger partial charge in [0.05, 0.1) is 6.61 Å². The Kier molecular flexibility index (Phi) is 4.55. The standard InChI is InChI=1S/C9H18N4O/c1-3-8(6-10)9-12-11-7-13(9)4-5-14-2/h7-8H,3-6,10H2,1-2H3. The fourth-order valence-corrected chi connectivity index (χ4v) is 1.40. The fourth-order valence-electron chi connectivity index (χ4n) is 1.40. The van der Waals surface area contributed by atoms with Crippen molar-refractivity contribution in [3.63, 3.8) is 0 Å². The van der Waals surface area contributed by atoms with Crippen molar-refractivity contribution < 1.29 is 4.74 Å². The van der Waals surface area contributed by atoms with Crippen molar-refractivity contribution >= 4 is 0 Å². The molecule has 0 saturated carbocycles. The van der Waals surface area contributed by atoms with Crippen LogP contribution in [0.3, 0.4) is 0 Å². The Balaban J connectivity index is 2.69. The van der Waals surface area contributed by atoms with Crippen molar-refractivity contribution in [3.8, 4) is 0 Å². The minimum Gasteiger partial charge on any atom is -0.383 e. The molecule has 0 aliphatic carbocycles. The molecule has 0 fully saturated rings. The predicted molar refractivity (Wildman–Crippen MR) is 54.0 cm³/mol. The maximum absolute atomic E-state index is 5.66. The number of rotatable bonds is 6. The van der Waals surface area contributed by atoms with E-state index in [1.807, 2.05) is 4.57 Å². The van der Waals surface area contributed by atoms with Gasteiger partial charge in [-0.2, -0.15) is 0 Å². The van der Waals surface area contributed by atoms with Crippen LogP contribution >= 0.6 is 0 Å². The van der Waals surface area contributed by atoms with Crippen LogP contribution in [0.1, 0.15) is 25.1 Å².